The summed E-state index contributed by atoms with van der Waals surface area (Å²) >= 11 is 5.45. The Morgan fingerprint density at radius 1 is 1.08 bits per heavy atom. The third-order valence-corrected chi connectivity index (χ3v) is 4.24. The Bertz CT molecular complexity index is 1080. The Morgan fingerprint density at radius 2 is 1.88 bits per heavy atom. The number of pyridine rings is 1. The van der Waals surface area contributed by atoms with Crippen LogP contribution in [-0.4, -0.2) is 26.4 Å². The quantitative estimate of drug-likeness (QED) is 0.550. The zero-order valence-corrected chi connectivity index (χ0v) is 14.5. The smallest absolute Gasteiger partial charge is 0.200 e. The maximum absolute atomic E-state index is 5.51. The number of aromatic nitrogens is 4. The van der Waals surface area contributed by atoms with E-state index in [0.717, 1.165) is 27.9 Å². The van der Waals surface area contributed by atoms with Gasteiger partial charge in [-0.3, -0.25) is 14.6 Å². The summed E-state index contributed by atoms with van der Waals surface area (Å²) in [5.41, 5.74) is 1.70. The molecule has 4 aromatic rings. The maximum atomic E-state index is 5.51. The Balaban J connectivity index is 1.89. The second-order valence-corrected chi connectivity index (χ2v) is 5.88. The average molecular weight is 348 g/mol. The molecule has 0 unspecified atom stereocenters. The molecule has 6 heteroatoms. The van der Waals surface area contributed by atoms with E-state index in [9.17, 15) is 0 Å². The van der Waals surface area contributed by atoms with E-state index < -0.39 is 0 Å². The fourth-order valence-electron chi connectivity index (χ4n) is 2.85. The van der Waals surface area contributed by atoms with Crippen LogP contribution < -0.4 is 4.74 Å². The summed E-state index contributed by atoms with van der Waals surface area (Å²) in [6.45, 7) is 2.60. The number of H-pyrrole nitrogens is 1. The molecule has 0 aliphatic rings. The van der Waals surface area contributed by atoms with Gasteiger partial charge >= 0.3 is 0 Å². The highest BCUT2D eigenvalue weighted by molar-refractivity contribution is 7.71. The molecule has 0 spiro atoms. The van der Waals surface area contributed by atoms with Crippen molar-refractivity contribution in [2.24, 2.45) is 0 Å². The number of aromatic amines is 1. The number of benzene rings is 2. The summed E-state index contributed by atoms with van der Waals surface area (Å²) in [4.78, 5) is 4.55. The van der Waals surface area contributed by atoms with E-state index in [1.807, 2.05) is 60.0 Å². The van der Waals surface area contributed by atoms with Gasteiger partial charge in [0.25, 0.3) is 0 Å². The monoisotopic (exact) mass is 348 g/mol. The minimum absolute atomic E-state index is 0.522. The largest absolute Gasteiger partial charge is 0.494 e. The van der Waals surface area contributed by atoms with Crippen LogP contribution in [0.2, 0.25) is 0 Å². The highest BCUT2D eigenvalue weighted by Gasteiger charge is 2.14. The van der Waals surface area contributed by atoms with Gasteiger partial charge in [0.05, 0.1) is 12.3 Å². The molecule has 0 saturated heterocycles. The normalized spacial score (nSPS) is 10.9. The fourth-order valence-corrected chi connectivity index (χ4v) is 3.09. The number of hydrogen-bond donors (Lipinski definition) is 1. The molecular formula is C19H16N4OS. The summed E-state index contributed by atoms with van der Waals surface area (Å²) in [7, 11) is 0. The molecule has 5 nitrogen and oxygen atoms in total. The van der Waals surface area contributed by atoms with Crippen LogP contribution in [-0.2, 0) is 0 Å². The van der Waals surface area contributed by atoms with Crippen molar-refractivity contribution in [3.63, 3.8) is 0 Å². The molecule has 124 valence electrons. The SMILES string of the molecule is CCOc1ccc(-n2c(-c3nccc4ccccc34)n[nH]c2=S)cc1. The molecule has 0 radical (unpaired) electrons. The van der Waals surface area contributed by atoms with E-state index in [2.05, 4.69) is 21.2 Å². The minimum Gasteiger partial charge on any atom is -0.494 e. The van der Waals surface area contributed by atoms with Gasteiger partial charge in [-0.1, -0.05) is 24.3 Å². The van der Waals surface area contributed by atoms with Gasteiger partial charge in [0.2, 0.25) is 0 Å². The van der Waals surface area contributed by atoms with Gasteiger partial charge in [0, 0.05) is 11.6 Å². The predicted octanol–water partition coefficient (Wildman–Crippen LogP) is 4.54. The molecule has 0 bridgehead atoms. The van der Waals surface area contributed by atoms with Gasteiger partial charge in [-0.15, -0.1) is 0 Å². The molecule has 0 fully saturated rings. The van der Waals surface area contributed by atoms with E-state index in [-0.39, 0.29) is 0 Å². The number of hydrogen-bond acceptors (Lipinski definition) is 4. The van der Waals surface area contributed by atoms with E-state index in [1.165, 1.54) is 0 Å². The van der Waals surface area contributed by atoms with Crippen LogP contribution >= 0.6 is 12.2 Å². The summed E-state index contributed by atoms with van der Waals surface area (Å²) in [5, 5.41) is 9.45. The number of nitrogens with one attached hydrogen (secondary N) is 1. The first-order valence-electron chi connectivity index (χ1n) is 8.02. The van der Waals surface area contributed by atoms with Crippen LogP contribution in [0.25, 0.3) is 28.0 Å². The van der Waals surface area contributed by atoms with Gasteiger partial charge in [0.1, 0.15) is 11.4 Å². The summed E-state index contributed by atoms with van der Waals surface area (Å²) < 4.78 is 7.92. The molecule has 0 atom stereocenters. The van der Waals surface area contributed by atoms with Crippen LogP contribution in [0.1, 0.15) is 6.92 Å². The van der Waals surface area contributed by atoms with Gasteiger partial charge < -0.3 is 4.74 Å². The summed E-state index contributed by atoms with van der Waals surface area (Å²) in [5.74, 6) is 1.51. The molecular weight excluding hydrogens is 332 g/mol. The molecule has 0 aliphatic carbocycles. The lowest BCUT2D eigenvalue weighted by Crippen LogP contribution is -2.00. The first-order valence-corrected chi connectivity index (χ1v) is 8.43. The number of ether oxygens (including phenoxy) is 1. The van der Waals surface area contributed by atoms with Crippen molar-refractivity contribution in [3.05, 3.63) is 65.6 Å². The third kappa shape index (κ3) is 2.81. The predicted molar refractivity (Wildman–Crippen MR) is 101 cm³/mol. The van der Waals surface area contributed by atoms with Crippen molar-refractivity contribution in [3.8, 4) is 23.0 Å². The topological polar surface area (TPSA) is 55.7 Å². The van der Waals surface area contributed by atoms with Crippen LogP contribution in [0, 0.1) is 4.77 Å². The lowest BCUT2D eigenvalue weighted by Gasteiger charge is -2.09. The average Bonchev–Trinajstić information content (AvgIpc) is 3.03. The van der Waals surface area contributed by atoms with E-state index >= 15 is 0 Å². The maximum Gasteiger partial charge on any atom is 0.200 e. The molecule has 0 saturated carbocycles. The van der Waals surface area contributed by atoms with Crippen molar-refractivity contribution in [1.82, 2.24) is 19.7 Å². The molecule has 0 aliphatic heterocycles. The third-order valence-electron chi connectivity index (χ3n) is 3.96. The van der Waals surface area contributed by atoms with Crippen LogP contribution in [0.5, 0.6) is 5.75 Å². The van der Waals surface area contributed by atoms with Crippen molar-refractivity contribution in [2.75, 3.05) is 6.61 Å². The van der Waals surface area contributed by atoms with Gasteiger partial charge in [-0.05, 0) is 54.9 Å². The zero-order valence-electron chi connectivity index (χ0n) is 13.6. The van der Waals surface area contributed by atoms with Crippen molar-refractivity contribution < 1.29 is 4.74 Å². The fraction of sp³-hybridized carbons (Fsp3) is 0.105. The molecule has 1 N–H and O–H groups in total. The number of nitrogens with zero attached hydrogens (tertiary/aromatic N) is 3. The number of rotatable bonds is 4. The van der Waals surface area contributed by atoms with Crippen molar-refractivity contribution >= 4 is 23.0 Å². The van der Waals surface area contributed by atoms with E-state index in [1.54, 1.807) is 6.20 Å². The van der Waals surface area contributed by atoms with Crippen LogP contribution in [0.15, 0.2) is 60.8 Å². The van der Waals surface area contributed by atoms with Crippen LogP contribution in [0.3, 0.4) is 0 Å². The summed E-state index contributed by atoms with van der Waals surface area (Å²) in [6, 6.07) is 17.9. The minimum atomic E-state index is 0.522. The van der Waals surface area contributed by atoms with Crippen molar-refractivity contribution in [2.45, 2.75) is 6.92 Å². The van der Waals surface area contributed by atoms with Crippen LogP contribution in [0.4, 0.5) is 0 Å². The molecule has 0 amide bonds. The Kier molecular flexibility index (Phi) is 4.03. The molecule has 25 heavy (non-hydrogen) atoms. The Labute approximate surface area is 149 Å². The first-order chi connectivity index (χ1) is 12.3. The van der Waals surface area contributed by atoms with E-state index in [0.29, 0.717) is 17.2 Å². The van der Waals surface area contributed by atoms with E-state index in [4.69, 9.17) is 17.0 Å². The summed E-state index contributed by atoms with van der Waals surface area (Å²) in [6.07, 6.45) is 1.79. The molecule has 4 rings (SSSR count). The zero-order chi connectivity index (χ0) is 17.2. The van der Waals surface area contributed by atoms with Gasteiger partial charge in [-0.25, -0.2) is 0 Å². The van der Waals surface area contributed by atoms with Crippen molar-refractivity contribution in [1.29, 1.82) is 0 Å². The second-order valence-electron chi connectivity index (χ2n) is 5.50. The van der Waals surface area contributed by atoms with Gasteiger partial charge in [-0.2, -0.15) is 5.10 Å². The lowest BCUT2D eigenvalue weighted by molar-refractivity contribution is 0.340. The van der Waals surface area contributed by atoms with Gasteiger partial charge in [0.15, 0.2) is 10.6 Å². The number of fused-ring (bicyclic) bond motifs is 1. The highest BCUT2D eigenvalue weighted by Crippen LogP contribution is 2.27. The molecule has 2 heterocycles. The second kappa shape index (κ2) is 6.49. The molecule has 2 aromatic carbocycles. The lowest BCUT2D eigenvalue weighted by atomic mass is 10.1. The standard InChI is InChI=1S/C19H16N4OS/c1-2-24-15-9-7-14(8-10-15)23-18(21-22-19(23)25)17-16-6-4-3-5-13(16)11-12-20-17/h3-12H,2H2,1H3,(H,22,25). The Morgan fingerprint density at radius 3 is 2.68 bits per heavy atom. The molecule has 2 aromatic heterocycles. The highest BCUT2D eigenvalue weighted by atomic mass is 32.1. The first kappa shape index (κ1) is 15.5. The Hall–Kier alpha value is -2.99.